The van der Waals surface area contributed by atoms with Crippen LogP contribution >= 0.6 is 0 Å². The summed E-state index contributed by atoms with van der Waals surface area (Å²) in [6.07, 6.45) is -2.43. The molecule has 226 valence electrons. The van der Waals surface area contributed by atoms with Crippen LogP contribution in [0.1, 0.15) is 38.9 Å². The molecule has 8 nitrogen and oxygen atoms in total. The predicted octanol–water partition coefficient (Wildman–Crippen LogP) is 4.64. The van der Waals surface area contributed by atoms with Crippen LogP contribution in [0, 0.1) is 17.5 Å². The number of hydrogen-bond donors (Lipinski definition) is 2. The van der Waals surface area contributed by atoms with Crippen molar-refractivity contribution in [2.75, 3.05) is 14.1 Å². The maximum atomic E-state index is 14.2. The fourth-order valence-corrected chi connectivity index (χ4v) is 4.63. The molecule has 4 aromatic rings. The minimum Gasteiger partial charge on any atom is -0.366 e. The normalized spacial score (nSPS) is 12.4. The highest BCUT2D eigenvalue weighted by atomic mass is 19.4. The second kappa shape index (κ2) is 12.7. The lowest BCUT2D eigenvalue weighted by atomic mass is 9.94. The highest BCUT2D eigenvalue weighted by Crippen LogP contribution is 2.32. The van der Waals surface area contributed by atoms with E-state index in [2.05, 4.69) is 15.4 Å². The summed E-state index contributed by atoms with van der Waals surface area (Å²) >= 11 is 0. The molecular formula is C29H26F6N6O2. The summed E-state index contributed by atoms with van der Waals surface area (Å²) in [7, 11) is 3.17. The van der Waals surface area contributed by atoms with Gasteiger partial charge >= 0.3 is 6.18 Å². The van der Waals surface area contributed by atoms with Crippen LogP contribution in [-0.4, -0.2) is 45.6 Å². The fourth-order valence-electron chi connectivity index (χ4n) is 4.63. The van der Waals surface area contributed by atoms with Crippen LogP contribution < -0.4 is 11.1 Å². The maximum absolute atomic E-state index is 14.2. The van der Waals surface area contributed by atoms with Crippen molar-refractivity contribution in [1.29, 1.82) is 0 Å². The van der Waals surface area contributed by atoms with Gasteiger partial charge in [0.25, 0.3) is 5.91 Å². The first-order valence-corrected chi connectivity index (χ1v) is 12.8. The Balaban J connectivity index is 1.72. The summed E-state index contributed by atoms with van der Waals surface area (Å²) in [4.78, 5) is 30.8. The Labute approximate surface area is 242 Å². The molecule has 2 aromatic carbocycles. The van der Waals surface area contributed by atoms with Gasteiger partial charge in [-0.1, -0.05) is 12.1 Å². The summed E-state index contributed by atoms with van der Waals surface area (Å²) < 4.78 is 83.8. The molecule has 1 atom stereocenters. The van der Waals surface area contributed by atoms with Crippen molar-refractivity contribution in [3.05, 3.63) is 106 Å². The van der Waals surface area contributed by atoms with E-state index < -0.39 is 59.3 Å². The second-order valence-electron chi connectivity index (χ2n) is 10.0. The number of rotatable bonds is 10. The average Bonchev–Trinajstić information content (AvgIpc) is 3.29. The number of nitrogens with one attached hydrogen (secondary N) is 1. The van der Waals surface area contributed by atoms with Crippen LogP contribution in [0.3, 0.4) is 0 Å². The number of aromatic nitrogens is 3. The number of carbonyl (C=O) groups is 2. The number of alkyl halides is 3. The van der Waals surface area contributed by atoms with Gasteiger partial charge in [-0.15, -0.1) is 0 Å². The molecule has 0 saturated carbocycles. The van der Waals surface area contributed by atoms with E-state index in [-0.39, 0.29) is 29.8 Å². The van der Waals surface area contributed by atoms with Gasteiger partial charge in [-0.3, -0.25) is 19.3 Å². The highest BCUT2D eigenvalue weighted by molar-refractivity contribution is 5.94. The third-order valence-corrected chi connectivity index (χ3v) is 6.31. The number of benzene rings is 2. The standard InChI is InChI=1S/C29H26F6N6O2/c1-40(2)13-18-14-41(39-27(18)29(33,34)35)15-25(42)38-24(10-16-8-19(30)12-20(31)9-16)26-21(4-3-7-37-26)17-5-6-23(32)22(11-17)28(36)43/h3-9,11-12,14,24H,10,13,15H2,1-2H3,(H2,36,43)(H,38,42)/t24-/m0/s1. The Hall–Kier alpha value is -4.72. The first-order valence-electron chi connectivity index (χ1n) is 12.8. The van der Waals surface area contributed by atoms with Crippen molar-refractivity contribution in [1.82, 2.24) is 25.0 Å². The minimum absolute atomic E-state index is 0.0769. The first-order chi connectivity index (χ1) is 20.2. The van der Waals surface area contributed by atoms with Gasteiger partial charge in [0.1, 0.15) is 24.0 Å². The van der Waals surface area contributed by atoms with Gasteiger partial charge in [-0.05, 0) is 62.0 Å². The molecule has 0 fully saturated rings. The fraction of sp³-hybridized carbons (Fsp3) is 0.241. The van der Waals surface area contributed by atoms with Gasteiger partial charge in [-0.2, -0.15) is 18.3 Å². The summed E-state index contributed by atoms with van der Waals surface area (Å²) in [5.74, 6) is -4.38. The lowest BCUT2D eigenvalue weighted by Gasteiger charge is -2.22. The zero-order valence-electron chi connectivity index (χ0n) is 22.9. The SMILES string of the molecule is CN(C)Cc1cn(CC(=O)N[C@@H](Cc2cc(F)cc(F)c2)c2ncccc2-c2ccc(F)c(C(N)=O)c2)nc1C(F)(F)F. The Morgan fingerprint density at radius 2 is 1.74 bits per heavy atom. The number of halogens is 6. The quantitative estimate of drug-likeness (QED) is 0.257. The van der Waals surface area contributed by atoms with Crippen molar-refractivity contribution in [3.63, 3.8) is 0 Å². The Bertz CT molecular complexity index is 1630. The summed E-state index contributed by atoms with van der Waals surface area (Å²) in [6, 6.07) is 8.42. The Morgan fingerprint density at radius 3 is 2.37 bits per heavy atom. The van der Waals surface area contributed by atoms with E-state index in [1.54, 1.807) is 26.2 Å². The number of pyridine rings is 1. The number of primary amides is 1. The number of hydrogen-bond acceptors (Lipinski definition) is 5. The number of nitrogens with two attached hydrogens (primary N) is 1. The van der Waals surface area contributed by atoms with Crippen molar-refractivity contribution in [2.24, 2.45) is 5.73 Å². The largest absolute Gasteiger partial charge is 0.435 e. The van der Waals surface area contributed by atoms with Crippen LogP contribution in [0.5, 0.6) is 0 Å². The molecule has 2 amide bonds. The van der Waals surface area contributed by atoms with Gasteiger partial charge in [0.05, 0.1) is 17.3 Å². The molecule has 0 aliphatic rings. The molecule has 43 heavy (non-hydrogen) atoms. The van der Waals surface area contributed by atoms with Crippen molar-refractivity contribution in [3.8, 4) is 11.1 Å². The van der Waals surface area contributed by atoms with Gasteiger partial charge in [0.15, 0.2) is 5.69 Å². The third-order valence-electron chi connectivity index (χ3n) is 6.31. The molecular weight excluding hydrogens is 578 g/mol. The molecule has 4 rings (SSSR count). The predicted molar refractivity (Wildman–Crippen MR) is 144 cm³/mol. The maximum Gasteiger partial charge on any atom is 0.435 e. The van der Waals surface area contributed by atoms with E-state index >= 15 is 0 Å². The molecule has 14 heteroatoms. The molecule has 0 saturated heterocycles. The number of amides is 2. The van der Waals surface area contributed by atoms with Gasteiger partial charge in [-0.25, -0.2) is 13.2 Å². The van der Waals surface area contributed by atoms with Gasteiger partial charge in [0.2, 0.25) is 5.91 Å². The van der Waals surface area contributed by atoms with Crippen LogP contribution in [-0.2, 0) is 30.5 Å². The van der Waals surface area contributed by atoms with E-state index in [4.69, 9.17) is 5.73 Å². The monoisotopic (exact) mass is 604 g/mol. The van der Waals surface area contributed by atoms with Crippen LogP contribution in [0.4, 0.5) is 26.3 Å². The van der Waals surface area contributed by atoms with Crippen molar-refractivity contribution in [2.45, 2.75) is 31.7 Å². The molecule has 2 aromatic heterocycles. The molecule has 2 heterocycles. The number of carbonyl (C=O) groups excluding carboxylic acids is 2. The topological polar surface area (TPSA) is 106 Å². The van der Waals surface area contributed by atoms with Gasteiger partial charge in [0, 0.05) is 36.1 Å². The molecule has 0 radical (unpaired) electrons. The lowest BCUT2D eigenvalue weighted by Crippen LogP contribution is -2.34. The molecule has 3 N–H and O–H groups in total. The van der Waals surface area contributed by atoms with Gasteiger partial charge < -0.3 is 16.0 Å². The third kappa shape index (κ3) is 7.77. The zero-order valence-corrected chi connectivity index (χ0v) is 22.9. The zero-order chi connectivity index (χ0) is 31.5. The van der Waals surface area contributed by atoms with E-state index in [1.165, 1.54) is 23.2 Å². The lowest BCUT2D eigenvalue weighted by molar-refractivity contribution is -0.142. The Morgan fingerprint density at radius 1 is 1.05 bits per heavy atom. The van der Waals surface area contributed by atoms with E-state index in [0.29, 0.717) is 17.2 Å². The van der Waals surface area contributed by atoms with Crippen molar-refractivity contribution < 1.29 is 35.9 Å². The summed E-state index contributed by atoms with van der Waals surface area (Å²) in [5.41, 5.74) is 4.58. The van der Waals surface area contributed by atoms with Crippen LogP contribution in [0.25, 0.3) is 11.1 Å². The summed E-state index contributed by atoms with van der Waals surface area (Å²) in [6.45, 7) is -0.693. The summed E-state index contributed by atoms with van der Waals surface area (Å²) in [5, 5.41) is 6.24. The molecule has 0 aliphatic heterocycles. The number of nitrogens with zero attached hydrogens (tertiary/aromatic N) is 4. The Kier molecular flexibility index (Phi) is 9.19. The molecule has 0 spiro atoms. The van der Waals surface area contributed by atoms with E-state index in [1.807, 2.05) is 0 Å². The highest BCUT2D eigenvalue weighted by Gasteiger charge is 2.37. The van der Waals surface area contributed by atoms with E-state index in [9.17, 15) is 35.9 Å². The van der Waals surface area contributed by atoms with E-state index in [0.717, 1.165) is 29.1 Å². The molecule has 0 unspecified atom stereocenters. The van der Waals surface area contributed by atoms with Crippen molar-refractivity contribution >= 4 is 11.8 Å². The molecule has 0 aliphatic carbocycles. The van der Waals surface area contributed by atoms with Crippen LogP contribution in [0.2, 0.25) is 0 Å². The van der Waals surface area contributed by atoms with Crippen LogP contribution in [0.15, 0.2) is 60.9 Å². The average molecular weight is 605 g/mol. The molecule has 0 bridgehead atoms. The minimum atomic E-state index is -4.75. The smallest absolute Gasteiger partial charge is 0.366 e. The second-order valence-corrected chi connectivity index (χ2v) is 10.0. The first kappa shape index (κ1) is 31.2.